The quantitative estimate of drug-likeness (QED) is 0.568. The molecule has 0 bridgehead atoms. The van der Waals surface area contributed by atoms with Gasteiger partial charge in [0.25, 0.3) is 0 Å². The first-order valence-electron chi connectivity index (χ1n) is 11.1. The Morgan fingerprint density at radius 1 is 1.06 bits per heavy atom. The highest BCUT2D eigenvalue weighted by molar-refractivity contribution is 5.78. The van der Waals surface area contributed by atoms with E-state index in [1.807, 2.05) is 25.7 Å². The normalized spacial score (nSPS) is 18.9. The number of nitrogens with two attached hydrogens (primary N) is 1. The van der Waals surface area contributed by atoms with Crippen LogP contribution in [-0.2, 0) is 27.4 Å². The maximum atomic E-state index is 12.2. The van der Waals surface area contributed by atoms with Crippen LogP contribution in [0.3, 0.4) is 0 Å². The number of carbonyl (C=O) groups excluding carboxylic acids is 1. The van der Waals surface area contributed by atoms with E-state index in [0.29, 0.717) is 51.4 Å². The summed E-state index contributed by atoms with van der Waals surface area (Å²) in [5, 5.41) is 0. The van der Waals surface area contributed by atoms with Crippen molar-refractivity contribution in [1.82, 2.24) is 9.80 Å². The Morgan fingerprint density at radius 3 is 2.26 bits per heavy atom. The molecule has 2 aliphatic heterocycles. The predicted octanol–water partition coefficient (Wildman–Crippen LogP) is 2.75. The number of amides is 1. The first-order chi connectivity index (χ1) is 14.8. The van der Waals surface area contributed by atoms with Gasteiger partial charge in [-0.1, -0.05) is 24.3 Å². The summed E-state index contributed by atoms with van der Waals surface area (Å²) in [5.74, 6) is 0.510. The summed E-state index contributed by atoms with van der Waals surface area (Å²) in [6.07, 6.45) is 1.97. The number of hydrogen-bond donors (Lipinski definition) is 1. The number of ether oxygens (including phenoxy) is 3. The molecule has 1 aromatic rings. The fourth-order valence-corrected chi connectivity index (χ4v) is 3.51. The smallest absolute Gasteiger partial charge is 0.410 e. The number of guanidine groups is 1. The van der Waals surface area contributed by atoms with Gasteiger partial charge in [0.05, 0.1) is 19.3 Å². The van der Waals surface area contributed by atoms with Crippen LogP contribution < -0.4 is 5.73 Å². The second-order valence-electron chi connectivity index (χ2n) is 9.07. The Hall–Kier alpha value is -2.32. The summed E-state index contributed by atoms with van der Waals surface area (Å²) < 4.78 is 16.8. The van der Waals surface area contributed by atoms with Crippen molar-refractivity contribution in [1.29, 1.82) is 0 Å². The van der Waals surface area contributed by atoms with E-state index >= 15 is 0 Å². The summed E-state index contributed by atoms with van der Waals surface area (Å²) in [7, 11) is 0. The molecule has 0 radical (unpaired) electrons. The van der Waals surface area contributed by atoms with Crippen LogP contribution in [0.4, 0.5) is 4.79 Å². The Labute approximate surface area is 185 Å². The minimum atomic E-state index is -0.485. The lowest BCUT2D eigenvalue weighted by atomic mass is 10.1. The minimum Gasteiger partial charge on any atom is -0.444 e. The molecule has 8 heteroatoms. The van der Waals surface area contributed by atoms with Gasteiger partial charge < -0.3 is 29.7 Å². The highest BCUT2D eigenvalue weighted by atomic mass is 16.6. The third kappa shape index (κ3) is 7.70. The van der Waals surface area contributed by atoms with Crippen LogP contribution in [0.1, 0.15) is 44.7 Å². The van der Waals surface area contributed by atoms with Crippen LogP contribution in [0.5, 0.6) is 0 Å². The molecule has 1 amide bonds. The first-order valence-corrected chi connectivity index (χ1v) is 11.1. The van der Waals surface area contributed by atoms with Gasteiger partial charge in [0.1, 0.15) is 5.60 Å². The highest BCUT2D eigenvalue weighted by Gasteiger charge is 2.26. The summed E-state index contributed by atoms with van der Waals surface area (Å²) in [6, 6.07) is 8.31. The third-order valence-corrected chi connectivity index (χ3v) is 5.36. The average molecular weight is 433 g/mol. The van der Waals surface area contributed by atoms with Crippen molar-refractivity contribution in [2.24, 2.45) is 10.7 Å². The van der Waals surface area contributed by atoms with E-state index in [1.54, 1.807) is 4.90 Å². The number of nitrogens with zero attached hydrogens (tertiary/aromatic N) is 3. The summed E-state index contributed by atoms with van der Waals surface area (Å²) >= 11 is 0. The second-order valence-corrected chi connectivity index (χ2v) is 9.07. The van der Waals surface area contributed by atoms with Gasteiger partial charge in [-0.25, -0.2) is 9.79 Å². The van der Waals surface area contributed by atoms with E-state index in [-0.39, 0.29) is 6.09 Å². The van der Waals surface area contributed by atoms with E-state index in [9.17, 15) is 4.79 Å². The molecular formula is C23H36N4O4. The van der Waals surface area contributed by atoms with Crippen molar-refractivity contribution in [3.05, 3.63) is 35.4 Å². The fourth-order valence-electron chi connectivity index (χ4n) is 3.51. The highest BCUT2D eigenvalue weighted by Crippen LogP contribution is 2.15. The van der Waals surface area contributed by atoms with Gasteiger partial charge in [0.15, 0.2) is 5.96 Å². The Kier molecular flexibility index (Phi) is 8.15. The first kappa shape index (κ1) is 23.3. The standard InChI is InChI=1S/C23H36N4O4/c1-23(2,3)31-22(28)27-12-10-26(11-13-27)21(24)25-16-18-4-6-19(7-5-18)17-30-20-8-14-29-15-9-20/h4-7,20H,8-17H2,1-3H3,(H2,24,25). The fraction of sp³-hybridized carbons (Fsp3) is 0.652. The molecule has 0 atom stereocenters. The molecule has 0 saturated carbocycles. The van der Waals surface area contributed by atoms with Crippen LogP contribution in [0.2, 0.25) is 0 Å². The molecule has 2 aliphatic rings. The SMILES string of the molecule is CC(C)(C)OC(=O)N1CCN(C(N)=NCc2ccc(COC3CCOCC3)cc2)CC1. The lowest BCUT2D eigenvalue weighted by molar-refractivity contribution is -0.0390. The molecule has 2 heterocycles. The zero-order valence-electron chi connectivity index (χ0n) is 19.0. The molecule has 2 fully saturated rings. The third-order valence-electron chi connectivity index (χ3n) is 5.36. The summed E-state index contributed by atoms with van der Waals surface area (Å²) in [5.41, 5.74) is 7.97. The van der Waals surface area contributed by atoms with Crippen molar-refractivity contribution in [2.75, 3.05) is 39.4 Å². The van der Waals surface area contributed by atoms with Gasteiger partial charge in [-0.2, -0.15) is 0 Å². The van der Waals surface area contributed by atoms with Crippen molar-refractivity contribution in [3.8, 4) is 0 Å². The number of hydrogen-bond acceptors (Lipinski definition) is 5. The van der Waals surface area contributed by atoms with Gasteiger partial charge in [0.2, 0.25) is 0 Å². The monoisotopic (exact) mass is 432 g/mol. The lowest BCUT2D eigenvalue weighted by Gasteiger charge is -2.36. The topological polar surface area (TPSA) is 89.6 Å². The van der Waals surface area contributed by atoms with E-state index in [1.165, 1.54) is 0 Å². The molecule has 0 aliphatic carbocycles. The van der Waals surface area contributed by atoms with Gasteiger partial charge >= 0.3 is 6.09 Å². The Bertz CT molecular complexity index is 731. The van der Waals surface area contributed by atoms with Crippen LogP contribution in [0.25, 0.3) is 0 Å². The molecular weight excluding hydrogens is 396 g/mol. The Balaban J connectivity index is 1.41. The van der Waals surface area contributed by atoms with Crippen LogP contribution in [0, 0.1) is 0 Å². The second kappa shape index (κ2) is 10.8. The van der Waals surface area contributed by atoms with Crippen molar-refractivity contribution in [2.45, 2.75) is 58.5 Å². The molecule has 0 unspecified atom stereocenters. The molecule has 0 aromatic heterocycles. The number of benzene rings is 1. The number of aliphatic imine (C=N–C) groups is 1. The number of piperazine rings is 1. The molecule has 2 N–H and O–H groups in total. The van der Waals surface area contributed by atoms with Crippen LogP contribution >= 0.6 is 0 Å². The van der Waals surface area contributed by atoms with E-state index < -0.39 is 5.60 Å². The molecule has 8 nitrogen and oxygen atoms in total. The maximum absolute atomic E-state index is 12.2. The van der Waals surface area contributed by atoms with Crippen molar-refractivity contribution < 1.29 is 19.0 Å². The van der Waals surface area contributed by atoms with Gasteiger partial charge in [-0.15, -0.1) is 0 Å². The number of carbonyl (C=O) groups is 1. The molecule has 31 heavy (non-hydrogen) atoms. The zero-order valence-corrected chi connectivity index (χ0v) is 19.0. The number of rotatable bonds is 5. The molecule has 3 rings (SSSR count). The zero-order chi connectivity index (χ0) is 22.3. The van der Waals surface area contributed by atoms with Crippen LogP contribution in [0.15, 0.2) is 29.3 Å². The van der Waals surface area contributed by atoms with E-state index in [2.05, 4.69) is 29.3 Å². The molecule has 2 saturated heterocycles. The predicted molar refractivity (Wildman–Crippen MR) is 120 cm³/mol. The lowest BCUT2D eigenvalue weighted by Crippen LogP contribution is -2.53. The van der Waals surface area contributed by atoms with E-state index in [4.69, 9.17) is 19.9 Å². The van der Waals surface area contributed by atoms with Gasteiger partial charge in [-0.05, 0) is 44.7 Å². The molecule has 0 spiro atoms. The Morgan fingerprint density at radius 2 is 1.65 bits per heavy atom. The average Bonchev–Trinajstić information content (AvgIpc) is 2.76. The summed E-state index contributed by atoms with van der Waals surface area (Å²) in [4.78, 5) is 20.4. The molecule has 172 valence electrons. The van der Waals surface area contributed by atoms with Gasteiger partial charge in [0, 0.05) is 39.4 Å². The summed E-state index contributed by atoms with van der Waals surface area (Å²) in [6.45, 7) is 10.8. The van der Waals surface area contributed by atoms with Crippen molar-refractivity contribution >= 4 is 12.1 Å². The van der Waals surface area contributed by atoms with E-state index in [0.717, 1.165) is 37.2 Å². The largest absolute Gasteiger partial charge is 0.444 e. The van der Waals surface area contributed by atoms with Crippen molar-refractivity contribution in [3.63, 3.8) is 0 Å². The minimum absolute atomic E-state index is 0.274. The van der Waals surface area contributed by atoms with Gasteiger partial charge in [-0.3, -0.25) is 0 Å². The maximum Gasteiger partial charge on any atom is 0.410 e. The molecule has 1 aromatic carbocycles. The van der Waals surface area contributed by atoms with Crippen LogP contribution in [-0.4, -0.2) is 73.0 Å².